The van der Waals surface area contributed by atoms with E-state index in [1.807, 2.05) is 23.7 Å². The van der Waals surface area contributed by atoms with E-state index in [4.69, 9.17) is 4.74 Å². The third-order valence-electron chi connectivity index (χ3n) is 3.20. The van der Waals surface area contributed by atoms with Crippen molar-refractivity contribution in [3.05, 3.63) is 36.2 Å². The van der Waals surface area contributed by atoms with Gasteiger partial charge in [0.2, 0.25) is 0 Å². The van der Waals surface area contributed by atoms with Gasteiger partial charge in [0.15, 0.2) is 5.82 Å². The molecule has 1 aromatic heterocycles. The molecule has 0 saturated heterocycles. The summed E-state index contributed by atoms with van der Waals surface area (Å²) in [6.07, 6.45) is 1.55. The van der Waals surface area contributed by atoms with Crippen molar-refractivity contribution in [1.82, 2.24) is 20.1 Å². The van der Waals surface area contributed by atoms with Crippen LogP contribution in [0, 0.1) is 0 Å². The molecule has 0 bridgehead atoms. The highest BCUT2D eigenvalue weighted by molar-refractivity contribution is 5.94. The standard InChI is InChI=1S/C16H22N4O2/c1-4-22-10-9-17-16(21)14-7-5-13(6-8-14)15-18-11-19-20(15)12(2)3/h5-8,11-12H,4,9-10H2,1-3H3,(H,17,21). The topological polar surface area (TPSA) is 69.0 Å². The van der Waals surface area contributed by atoms with E-state index in [-0.39, 0.29) is 11.9 Å². The largest absolute Gasteiger partial charge is 0.380 e. The normalized spacial score (nSPS) is 10.9. The predicted octanol–water partition coefficient (Wildman–Crippen LogP) is 2.29. The van der Waals surface area contributed by atoms with Crippen LogP contribution in [0.1, 0.15) is 37.2 Å². The van der Waals surface area contributed by atoms with Crippen LogP contribution in [-0.2, 0) is 4.74 Å². The fraction of sp³-hybridized carbons (Fsp3) is 0.438. The van der Waals surface area contributed by atoms with Crippen molar-refractivity contribution in [3.8, 4) is 11.4 Å². The van der Waals surface area contributed by atoms with Gasteiger partial charge in [-0.2, -0.15) is 5.10 Å². The van der Waals surface area contributed by atoms with Crippen molar-refractivity contribution in [2.75, 3.05) is 19.8 Å². The first-order valence-electron chi connectivity index (χ1n) is 7.49. The Balaban J connectivity index is 2.04. The highest BCUT2D eigenvalue weighted by Crippen LogP contribution is 2.19. The summed E-state index contributed by atoms with van der Waals surface area (Å²) < 4.78 is 7.05. The van der Waals surface area contributed by atoms with Crippen molar-refractivity contribution in [1.29, 1.82) is 0 Å². The minimum absolute atomic E-state index is 0.100. The molecule has 2 rings (SSSR count). The number of nitrogens with zero attached hydrogens (tertiary/aromatic N) is 3. The SMILES string of the molecule is CCOCCNC(=O)c1ccc(-c2ncnn2C(C)C)cc1. The number of nitrogens with one attached hydrogen (secondary N) is 1. The molecule has 0 atom stereocenters. The molecule has 6 heteroatoms. The number of carbonyl (C=O) groups excluding carboxylic acids is 1. The van der Waals surface area contributed by atoms with Gasteiger partial charge in [-0.3, -0.25) is 4.79 Å². The fourth-order valence-electron chi connectivity index (χ4n) is 2.09. The molecule has 118 valence electrons. The summed E-state index contributed by atoms with van der Waals surface area (Å²) in [6.45, 7) is 7.72. The van der Waals surface area contributed by atoms with Crippen LogP contribution in [-0.4, -0.2) is 40.4 Å². The lowest BCUT2D eigenvalue weighted by Gasteiger charge is -2.10. The van der Waals surface area contributed by atoms with Crippen LogP contribution in [0.3, 0.4) is 0 Å². The smallest absolute Gasteiger partial charge is 0.251 e. The van der Waals surface area contributed by atoms with E-state index in [0.717, 1.165) is 11.4 Å². The van der Waals surface area contributed by atoms with Gasteiger partial charge in [0, 0.05) is 30.3 Å². The Morgan fingerprint density at radius 1 is 1.32 bits per heavy atom. The Kier molecular flexibility index (Phi) is 5.66. The van der Waals surface area contributed by atoms with E-state index in [1.54, 1.807) is 18.5 Å². The Hall–Kier alpha value is -2.21. The maximum Gasteiger partial charge on any atom is 0.251 e. The summed E-state index contributed by atoms with van der Waals surface area (Å²) in [5, 5.41) is 7.04. The lowest BCUT2D eigenvalue weighted by molar-refractivity contribution is 0.0922. The Morgan fingerprint density at radius 2 is 2.05 bits per heavy atom. The van der Waals surface area contributed by atoms with Crippen molar-refractivity contribution in [2.45, 2.75) is 26.8 Å². The maximum absolute atomic E-state index is 12.0. The number of amides is 1. The number of rotatable bonds is 7. The molecular weight excluding hydrogens is 280 g/mol. The van der Waals surface area contributed by atoms with Crippen molar-refractivity contribution in [2.24, 2.45) is 0 Å². The zero-order chi connectivity index (χ0) is 15.9. The second kappa shape index (κ2) is 7.70. The Labute approximate surface area is 130 Å². The molecule has 0 aliphatic heterocycles. The first-order valence-corrected chi connectivity index (χ1v) is 7.49. The fourth-order valence-corrected chi connectivity index (χ4v) is 2.09. The minimum Gasteiger partial charge on any atom is -0.380 e. The predicted molar refractivity (Wildman–Crippen MR) is 84.7 cm³/mol. The second-order valence-electron chi connectivity index (χ2n) is 5.15. The van der Waals surface area contributed by atoms with Gasteiger partial charge in [-0.1, -0.05) is 12.1 Å². The van der Waals surface area contributed by atoms with E-state index in [9.17, 15) is 4.79 Å². The van der Waals surface area contributed by atoms with Gasteiger partial charge in [-0.05, 0) is 32.9 Å². The van der Waals surface area contributed by atoms with Gasteiger partial charge >= 0.3 is 0 Å². The maximum atomic E-state index is 12.0. The van der Waals surface area contributed by atoms with Crippen molar-refractivity contribution in [3.63, 3.8) is 0 Å². The van der Waals surface area contributed by atoms with Crippen LogP contribution >= 0.6 is 0 Å². The lowest BCUT2D eigenvalue weighted by Crippen LogP contribution is -2.27. The summed E-state index contributed by atoms with van der Waals surface area (Å²) in [6, 6.07) is 7.61. The molecular formula is C16H22N4O2. The van der Waals surface area contributed by atoms with Gasteiger partial charge in [-0.25, -0.2) is 9.67 Å². The second-order valence-corrected chi connectivity index (χ2v) is 5.15. The molecule has 0 saturated carbocycles. The zero-order valence-corrected chi connectivity index (χ0v) is 13.2. The monoisotopic (exact) mass is 302 g/mol. The summed E-state index contributed by atoms with van der Waals surface area (Å²) in [7, 11) is 0. The number of hydrogen-bond acceptors (Lipinski definition) is 4. The molecule has 6 nitrogen and oxygen atoms in total. The summed E-state index contributed by atoms with van der Waals surface area (Å²) in [4.78, 5) is 16.3. The summed E-state index contributed by atoms with van der Waals surface area (Å²) in [5.41, 5.74) is 1.56. The van der Waals surface area contributed by atoms with E-state index < -0.39 is 0 Å². The van der Waals surface area contributed by atoms with Gasteiger partial charge < -0.3 is 10.1 Å². The van der Waals surface area contributed by atoms with Crippen LogP contribution in [0.5, 0.6) is 0 Å². The van der Waals surface area contributed by atoms with E-state index in [1.165, 1.54) is 0 Å². The summed E-state index contributed by atoms with van der Waals surface area (Å²) >= 11 is 0. The molecule has 0 unspecified atom stereocenters. The molecule has 0 aliphatic carbocycles. The van der Waals surface area contributed by atoms with E-state index in [2.05, 4.69) is 29.2 Å². The molecule has 1 heterocycles. The molecule has 1 aromatic carbocycles. The zero-order valence-electron chi connectivity index (χ0n) is 13.2. The molecule has 1 N–H and O–H groups in total. The quantitative estimate of drug-likeness (QED) is 0.797. The van der Waals surface area contributed by atoms with Gasteiger partial charge in [0.05, 0.1) is 6.61 Å². The average Bonchev–Trinajstić information content (AvgIpc) is 3.01. The van der Waals surface area contributed by atoms with Crippen molar-refractivity contribution < 1.29 is 9.53 Å². The van der Waals surface area contributed by atoms with Gasteiger partial charge in [0.25, 0.3) is 5.91 Å². The van der Waals surface area contributed by atoms with Crippen LogP contribution in [0.25, 0.3) is 11.4 Å². The number of carbonyl (C=O) groups is 1. The van der Waals surface area contributed by atoms with Gasteiger partial charge in [-0.15, -0.1) is 0 Å². The van der Waals surface area contributed by atoms with Gasteiger partial charge in [0.1, 0.15) is 6.33 Å². The molecule has 22 heavy (non-hydrogen) atoms. The molecule has 0 aliphatic rings. The third-order valence-corrected chi connectivity index (χ3v) is 3.20. The third kappa shape index (κ3) is 3.92. The highest BCUT2D eigenvalue weighted by atomic mass is 16.5. The summed E-state index contributed by atoms with van der Waals surface area (Å²) in [5.74, 6) is 0.704. The Morgan fingerprint density at radius 3 is 2.68 bits per heavy atom. The molecule has 0 spiro atoms. The number of aromatic nitrogens is 3. The number of benzene rings is 1. The van der Waals surface area contributed by atoms with E-state index >= 15 is 0 Å². The molecule has 2 aromatic rings. The molecule has 1 amide bonds. The first-order chi connectivity index (χ1) is 10.6. The Bertz CT molecular complexity index is 605. The van der Waals surface area contributed by atoms with Crippen LogP contribution in [0.4, 0.5) is 0 Å². The minimum atomic E-state index is -0.100. The van der Waals surface area contributed by atoms with Crippen molar-refractivity contribution >= 4 is 5.91 Å². The highest BCUT2D eigenvalue weighted by Gasteiger charge is 2.11. The molecule has 0 radical (unpaired) electrons. The van der Waals surface area contributed by atoms with E-state index in [0.29, 0.717) is 25.3 Å². The van der Waals surface area contributed by atoms with Crippen LogP contribution < -0.4 is 5.32 Å². The average molecular weight is 302 g/mol. The number of hydrogen-bond donors (Lipinski definition) is 1. The lowest BCUT2D eigenvalue weighted by atomic mass is 10.1. The first kappa shape index (κ1) is 16.2. The van der Waals surface area contributed by atoms with Crippen LogP contribution in [0.15, 0.2) is 30.6 Å². The number of ether oxygens (including phenoxy) is 1. The van der Waals surface area contributed by atoms with Crippen LogP contribution in [0.2, 0.25) is 0 Å². The molecule has 0 fully saturated rings.